The van der Waals surface area contributed by atoms with Crippen LogP contribution >= 0.6 is 0 Å². The molecule has 0 aliphatic heterocycles. The number of nitrogens with two attached hydrogens (primary N) is 2. The predicted molar refractivity (Wildman–Crippen MR) is 56.5 cm³/mol. The second kappa shape index (κ2) is 5.64. The van der Waals surface area contributed by atoms with E-state index in [1.54, 1.807) is 12.1 Å². The molecule has 16 heavy (non-hydrogen) atoms. The fourth-order valence-electron chi connectivity index (χ4n) is 0.898. The van der Waals surface area contributed by atoms with Crippen molar-refractivity contribution in [1.29, 1.82) is 0 Å². The smallest absolute Gasteiger partial charge is 0.387 e. The summed E-state index contributed by atoms with van der Waals surface area (Å²) in [6.45, 7) is -2.83. The lowest BCUT2D eigenvalue weighted by Crippen LogP contribution is -2.21. The zero-order valence-electron chi connectivity index (χ0n) is 8.18. The molecule has 0 unspecified atom stereocenters. The number of hydrogen-bond donors (Lipinski definition) is 2. The van der Waals surface area contributed by atoms with Gasteiger partial charge in [-0.2, -0.15) is 13.9 Å². The van der Waals surface area contributed by atoms with Crippen LogP contribution in [0, 0.1) is 0 Å². The van der Waals surface area contributed by atoms with Gasteiger partial charge in [-0.3, -0.25) is 0 Å². The van der Waals surface area contributed by atoms with Gasteiger partial charge in [-0.05, 0) is 29.8 Å². The first-order valence-electron chi connectivity index (χ1n) is 4.25. The summed E-state index contributed by atoms with van der Waals surface area (Å²) in [5.41, 5.74) is 10.8. The quantitative estimate of drug-likeness (QED) is 0.456. The van der Waals surface area contributed by atoms with Gasteiger partial charge in [-0.25, -0.2) is 0 Å². The van der Waals surface area contributed by atoms with Gasteiger partial charge < -0.3 is 16.2 Å². The highest BCUT2D eigenvalue weighted by Gasteiger charge is 2.02. The van der Waals surface area contributed by atoms with Crippen molar-refractivity contribution in [3.63, 3.8) is 0 Å². The summed E-state index contributed by atoms with van der Waals surface area (Å²) in [6.07, 6.45) is 1.38. The fraction of sp³-hybridized carbons (Fsp3) is 0.111. The maximum Gasteiger partial charge on any atom is 0.387 e. The molecule has 0 fully saturated rings. The maximum atomic E-state index is 11.8. The summed E-state index contributed by atoms with van der Waals surface area (Å²) in [5, 5.41) is 6.94. The van der Waals surface area contributed by atoms with Crippen molar-refractivity contribution in [2.45, 2.75) is 6.61 Å². The number of nitrogens with zero attached hydrogens (tertiary/aromatic N) is 2. The zero-order chi connectivity index (χ0) is 12.0. The lowest BCUT2D eigenvalue weighted by atomic mass is 10.2. The van der Waals surface area contributed by atoms with Crippen LogP contribution in [-0.4, -0.2) is 18.8 Å². The van der Waals surface area contributed by atoms with Crippen LogP contribution in [0.3, 0.4) is 0 Å². The highest BCUT2D eigenvalue weighted by atomic mass is 19.3. The summed E-state index contributed by atoms with van der Waals surface area (Å²) in [7, 11) is 0. The average Bonchev–Trinajstić information content (AvgIpc) is 2.19. The lowest BCUT2D eigenvalue weighted by Gasteiger charge is -2.03. The van der Waals surface area contributed by atoms with Crippen LogP contribution in [0.15, 0.2) is 34.5 Å². The molecule has 86 valence electrons. The van der Waals surface area contributed by atoms with E-state index in [1.165, 1.54) is 18.3 Å². The minimum absolute atomic E-state index is 0.0778. The Morgan fingerprint density at radius 1 is 1.25 bits per heavy atom. The van der Waals surface area contributed by atoms with Gasteiger partial charge in [0.05, 0.1) is 6.21 Å². The van der Waals surface area contributed by atoms with Gasteiger partial charge in [0.15, 0.2) is 0 Å². The van der Waals surface area contributed by atoms with Gasteiger partial charge in [-0.1, -0.05) is 0 Å². The van der Waals surface area contributed by atoms with Gasteiger partial charge >= 0.3 is 6.61 Å². The number of guanidine groups is 1. The van der Waals surface area contributed by atoms with Crippen LogP contribution in [0.25, 0.3) is 0 Å². The molecule has 0 radical (unpaired) electrons. The highest BCUT2D eigenvalue weighted by molar-refractivity contribution is 5.81. The molecule has 0 atom stereocenters. The summed E-state index contributed by atoms with van der Waals surface area (Å²) < 4.78 is 27.8. The Morgan fingerprint density at radius 2 is 1.88 bits per heavy atom. The molecule has 1 aromatic rings. The maximum absolute atomic E-state index is 11.8. The van der Waals surface area contributed by atoms with E-state index < -0.39 is 6.61 Å². The van der Waals surface area contributed by atoms with Crippen molar-refractivity contribution in [2.24, 2.45) is 21.7 Å². The fourth-order valence-corrected chi connectivity index (χ4v) is 0.898. The monoisotopic (exact) mass is 228 g/mol. The molecule has 0 heterocycles. The van der Waals surface area contributed by atoms with Gasteiger partial charge in [0, 0.05) is 0 Å². The van der Waals surface area contributed by atoms with Crippen LogP contribution in [-0.2, 0) is 0 Å². The van der Waals surface area contributed by atoms with Crippen LogP contribution in [0.2, 0.25) is 0 Å². The van der Waals surface area contributed by atoms with Gasteiger partial charge in [0.1, 0.15) is 5.75 Å². The van der Waals surface area contributed by atoms with Gasteiger partial charge in [-0.15, -0.1) is 5.10 Å². The molecule has 0 amide bonds. The third-order valence-corrected chi connectivity index (χ3v) is 1.49. The Balaban J connectivity index is 2.64. The van der Waals surface area contributed by atoms with E-state index in [1.807, 2.05) is 0 Å². The first-order chi connectivity index (χ1) is 7.58. The molecule has 0 saturated heterocycles. The lowest BCUT2D eigenvalue weighted by molar-refractivity contribution is -0.0498. The Bertz CT molecular complexity index is 385. The van der Waals surface area contributed by atoms with Crippen molar-refractivity contribution >= 4 is 12.2 Å². The van der Waals surface area contributed by atoms with Crippen LogP contribution in [0.5, 0.6) is 5.75 Å². The zero-order valence-corrected chi connectivity index (χ0v) is 8.18. The first kappa shape index (κ1) is 11.9. The minimum atomic E-state index is -2.83. The van der Waals surface area contributed by atoms with Crippen molar-refractivity contribution < 1.29 is 13.5 Å². The molecule has 4 N–H and O–H groups in total. The molecule has 0 aromatic heterocycles. The molecular weight excluding hydrogens is 218 g/mol. The highest BCUT2D eigenvalue weighted by Crippen LogP contribution is 2.13. The summed E-state index contributed by atoms with van der Waals surface area (Å²) in [6, 6.07) is 5.87. The van der Waals surface area contributed by atoms with E-state index in [2.05, 4.69) is 14.9 Å². The van der Waals surface area contributed by atoms with E-state index in [9.17, 15) is 8.78 Å². The summed E-state index contributed by atoms with van der Waals surface area (Å²) in [4.78, 5) is 0. The van der Waals surface area contributed by atoms with Gasteiger partial charge in [0.2, 0.25) is 5.96 Å². The normalized spacial score (nSPS) is 10.7. The number of halogens is 2. The molecular formula is C9H10F2N4O. The average molecular weight is 228 g/mol. The van der Waals surface area contributed by atoms with Crippen LogP contribution in [0.1, 0.15) is 5.56 Å². The Kier molecular flexibility index (Phi) is 4.19. The number of alkyl halides is 2. The van der Waals surface area contributed by atoms with E-state index in [0.717, 1.165) is 0 Å². The van der Waals surface area contributed by atoms with E-state index in [-0.39, 0.29) is 11.7 Å². The minimum Gasteiger partial charge on any atom is -0.435 e. The number of ether oxygens (including phenoxy) is 1. The molecule has 7 heteroatoms. The van der Waals surface area contributed by atoms with Gasteiger partial charge in [0.25, 0.3) is 0 Å². The number of hydrogen-bond acceptors (Lipinski definition) is 3. The molecule has 0 aliphatic carbocycles. The van der Waals surface area contributed by atoms with Crippen molar-refractivity contribution in [3.05, 3.63) is 29.8 Å². The third kappa shape index (κ3) is 4.36. The Morgan fingerprint density at radius 3 is 2.38 bits per heavy atom. The van der Waals surface area contributed by atoms with E-state index >= 15 is 0 Å². The number of benzene rings is 1. The van der Waals surface area contributed by atoms with E-state index in [0.29, 0.717) is 5.56 Å². The second-order valence-corrected chi connectivity index (χ2v) is 2.72. The molecule has 0 bridgehead atoms. The van der Waals surface area contributed by atoms with Crippen molar-refractivity contribution in [3.8, 4) is 5.75 Å². The molecule has 0 aliphatic rings. The SMILES string of the molecule is NC(N)=NN=Cc1ccc(OC(F)F)cc1. The van der Waals surface area contributed by atoms with Crippen LogP contribution < -0.4 is 16.2 Å². The van der Waals surface area contributed by atoms with Crippen LogP contribution in [0.4, 0.5) is 8.78 Å². The van der Waals surface area contributed by atoms with Crippen molar-refractivity contribution in [1.82, 2.24) is 0 Å². The first-order valence-corrected chi connectivity index (χ1v) is 4.25. The standard InChI is InChI=1S/C9H10F2N4O/c10-8(11)16-7-3-1-6(2-4-7)5-14-15-9(12)13/h1-5,8H,(H4,12,13,15). The molecule has 5 nitrogen and oxygen atoms in total. The largest absolute Gasteiger partial charge is 0.435 e. The second-order valence-electron chi connectivity index (χ2n) is 2.72. The van der Waals surface area contributed by atoms with Crippen molar-refractivity contribution in [2.75, 3.05) is 0 Å². The Hall–Kier alpha value is -2.18. The number of rotatable bonds is 4. The topological polar surface area (TPSA) is 86.0 Å². The molecule has 0 saturated carbocycles. The molecule has 1 rings (SSSR count). The molecule has 1 aromatic carbocycles. The summed E-state index contributed by atoms with van der Waals surface area (Å²) >= 11 is 0. The predicted octanol–water partition coefficient (Wildman–Crippen LogP) is 0.895. The summed E-state index contributed by atoms with van der Waals surface area (Å²) in [5.74, 6) is -0.0807. The van der Waals surface area contributed by atoms with E-state index in [4.69, 9.17) is 11.5 Å². The third-order valence-electron chi connectivity index (χ3n) is 1.49. The Labute approximate surface area is 90.4 Å². The molecule has 0 spiro atoms.